The molecule has 18 heavy (non-hydrogen) atoms. The zero-order valence-electron chi connectivity index (χ0n) is 10.4. The molecule has 1 heterocycles. The number of ketones is 1. The number of methoxy groups -OCH3 is 1. The number of carbonyl (C=O) groups excluding carboxylic acids is 2. The maximum absolute atomic E-state index is 11.5. The summed E-state index contributed by atoms with van der Waals surface area (Å²) in [7, 11) is 1.35. The lowest BCUT2D eigenvalue weighted by atomic mass is 10.0. The fourth-order valence-electron chi connectivity index (χ4n) is 1.96. The van der Waals surface area contributed by atoms with Gasteiger partial charge in [-0.05, 0) is 12.5 Å². The number of hydrogen-bond donors (Lipinski definition) is 0. The van der Waals surface area contributed by atoms with Gasteiger partial charge in [0, 0.05) is 24.3 Å². The maximum atomic E-state index is 11.5. The van der Waals surface area contributed by atoms with Gasteiger partial charge in [0.2, 0.25) is 0 Å². The third-order valence-corrected chi connectivity index (χ3v) is 2.82. The zero-order chi connectivity index (χ0) is 13.1. The van der Waals surface area contributed by atoms with E-state index in [1.165, 1.54) is 14.0 Å². The number of furan rings is 1. The number of esters is 1. The Hall–Kier alpha value is -2.10. The molecule has 2 aromatic rings. The summed E-state index contributed by atoms with van der Waals surface area (Å²) in [5, 5.41) is 0.881. The normalized spacial score (nSPS) is 10.6. The molecule has 0 spiro atoms. The van der Waals surface area contributed by atoms with Gasteiger partial charge < -0.3 is 9.15 Å². The monoisotopic (exact) mass is 246 g/mol. The van der Waals surface area contributed by atoms with Gasteiger partial charge >= 0.3 is 5.97 Å². The average Bonchev–Trinajstić information content (AvgIpc) is 2.75. The van der Waals surface area contributed by atoms with Crippen molar-refractivity contribution in [3.8, 4) is 0 Å². The quantitative estimate of drug-likeness (QED) is 0.614. The molecule has 0 radical (unpaired) electrons. The van der Waals surface area contributed by atoms with Crippen LogP contribution >= 0.6 is 0 Å². The summed E-state index contributed by atoms with van der Waals surface area (Å²) >= 11 is 0. The summed E-state index contributed by atoms with van der Waals surface area (Å²) in [6.45, 7) is 1.46. The number of carbonyl (C=O) groups is 2. The topological polar surface area (TPSA) is 56.5 Å². The summed E-state index contributed by atoms with van der Waals surface area (Å²) in [6, 6.07) is 7.42. The molecule has 0 N–H and O–H groups in total. The molecule has 0 bridgehead atoms. The van der Waals surface area contributed by atoms with Gasteiger partial charge in [-0.15, -0.1) is 0 Å². The van der Waals surface area contributed by atoms with E-state index in [4.69, 9.17) is 4.42 Å². The van der Waals surface area contributed by atoms with E-state index in [1.54, 1.807) is 0 Å². The van der Waals surface area contributed by atoms with Gasteiger partial charge in [0.15, 0.2) is 11.5 Å². The van der Waals surface area contributed by atoms with Gasteiger partial charge in [0.05, 0.1) is 7.11 Å². The number of rotatable bonds is 4. The van der Waals surface area contributed by atoms with E-state index >= 15 is 0 Å². The summed E-state index contributed by atoms with van der Waals surface area (Å²) in [5.41, 5.74) is 1.45. The van der Waals surface area contributed by atoms with Gasteiger partial charge in [0.1, 0.15) is 5.58 Å². The van der Waals surface area contributed by atoms with Crippen molar-refractivity contribution in [3.63, 3.8) is 0 Å². The van der Waals surface area contributed by atoms with Crippen molar-refractivity contribution in [2.45, 2.75) is 19.8 Å². The van der Waals surface area contributed by atoms with Crippen LogP contribution < -0.4 is 0 Å². The van der Waals surface area contributed by atoms with Crippen molar-refractivity contribution in [2.75, 3.05) is 7.11 Å². The standard InChI is InChI=1S/C14H14O4/c1-9(15)14-11(7-8-13(16)17-2)10-5-3-4-6-12(10)18-14/h3-6H,7-8H2,1-2H3. The van der Waals surface area contributed by atoms with Gasteiger partial charge in [-0.2, -0.15) is 0 Å². The second-order valence-electron chi connectivity index (χ2n) is 4.04. The Morgan fingerprint density at radius 3 is 2.67 bits per heavy atom. The summed E-state index contributed by atoms with van der Waals surface area (Å²) < 4.78 is 10.1. The van der Waals surface area contributed by atoms with Crippen LogP contribution in [0.2, 0.25) is 0 Å². The lowest BCUT2D eigenvalue weighted by molar-refractivity contribution is -0.140. The molecule has 4 heteroatoms. The highest BCUT2D eigenvalue weighted by Crippen LogP contribution is 2.27. The number of fused-ring (bicyclic) bond motifs is 1. The first-order chi connectivity index (χ1) is 8.63. The van der Waals surface area contributed by atoms with Crippen molar-refractivity contribution >= 4 is 22.7 Å². The Bertz CT molecular complexity index is 595. The Morgan fingerprint density at radius 2 is 2.00 bits per heavy atom. The van der Waals surface area contributed by atoms with E-state index in [2.05, 4.69) is 4.74 Å². The first-order valence-corrected chi connectivity index (χ1v) is 5.71. The Balaban J connectivity index is 2.42. The molecule has 4 nitrogen and oxygen atoms in total. The molecule has 0 aliphatic heterocycles. The van der Waals surface area contributed by atoms with Crippen molar-refractivity contribution in [1.82, 2.24) is 0 Å². The number of aryl methyl sites for hydroxylation is 1. The lowest BCUT2D eigenvalue weighted by Crippen LogP contribution is -2.04. The summed E-state index contributed by atoms with van der Waals surface area (Å²) in [4.78, 5) is 22.7. The minimum Gasteiger partial charge on any atom is -0.469 e. The molecule has 0 unspecified atom stereocenters. The second kappa shape index (κ2) is 5.04. The highest BCUT2D eigenvalue weighted by molar-refractivity contribution is 5.99. The zero-order valence-corrected chi connectivity index (χ0v) is 10.4. The molecule has 0 aliphatic rings. The second-order valence-corrected chi connectivity index (χ2v) is 4.04. The Kier molecular flexibility index (Phi) is 3.46. The number of Topliss-reactive ketones (excluding diaryl/α,β-unsaturated/α-hetero) is 1. The van der Waals surface area contributed by atoms with E-state index in [0.717, 1.165) is 10.9 Å². The van der Waals surface area contributed by atoms with E-state index in [-0.39, 0.29) is 18.2 Å². The minimum atomic E-state index is -0.296. The van der Waals surface area contributed by atoms with Crippen LogP contribution in [0.1, 0.15) is 29.5 Å². The number of para-hydroxylation sites is 1. The largest absolute Gasteiger partial charge is 0.469 e. The van der Waals surface area contributed by atoms with E-state index in [1.807, 2.05) is 24.3 Å². The Labute approximate surface area is 105 Å². The molecule has 1 aromatic carbocycles. The molecule has 2 rings (SSSR count). The average molecular weight is 246 g/mol. The van der Waals surface area contributed by atoms with Crippen molar-refractivity contribution in [3.05, 3.63) is 35.6 Å². The van der Waals surface area contributed by atoms with Gasteiger partial charge in [-0.1, -0.05) is 18.2 Å². The molecule has 0 fully saturated rings. The minimum absolute atomic E-state index is 0.133. The molecule has 0 saturated heterocycles. The van der Waals surface area contributed by atoms with Crippen LogP contribution in [0, 0.1) is 0 Å². The van der Waals surface area contributed by atoms with Crippen LogP contribution in [-0.4, -0.2) is 18.9 Å². The molecule has 0 amide bonds. The lowest BCUT2D eigenvalue weighted by Gasteiger charge is -2.00. The fourth-order valence-corrected chi connectivity index (χ4v) is 1.96. The third kappa shape index (κ3) is 2.27. The molecule has 0 aliphatic carbocycles. The highest BCUT2D eigenvalue weighted by Gasteiger charge is 2.18. The van der Waals surface area contributed by atoms with Crippen LogP contribution in [0.25, 0.3) is 11.0 Å². The SMILES string of the molecule is COC(=O)CCc1c(C(C)=O)oc2ccccc12. The maximum Gasteiger partial charge on any atom is 0.305 e. The van der Waals surface area contributed by atoms with E-state index in [9.17, 15) is 9.59 Å². The van der Waals surface area contributed by atoms with E-state index in [0.29, 0.717) is 17.8 Å². The summed E-state index contributed by atoms with van der Waals surface area (Å²) in [5.74, 6) is -0.0963. The first-order valence-electron chi connectivity index (χ1n) is 5.71. The smallest absolute Gasteiger partial charge is 0.305 e. The number of hydrogen-bond acceptors (Lipinski definition) is 4. The highest BCUT2D eigenvalue weighted by atomic mass is 16.5. The van der Waals surface area contributed by atoms with Crippen molar-refractivity contribution in [1.29, 1.82) is 0 Å². The third-order valence-electron chi connectivity index (χ3n) is 2.82. The van der Waals surface area contributed by atoms with Crippen LogP contribution in [0.3, 0.4) is 0 Å². The molecule has 0 atom stereocenters. The Morgan fingerprint density at radius 1 is 1.28 bits per heavy atom. The molecular formula is C14H14O4. The van der Waals surface area contributed by atoms with Gasteiger partial charge in [-0.25, -0.2) is 0 Å². The van der Waals surface area contributed by atoms with Crippen molar-refractivity contribution in [2.24, 2.45) is 0 Å². The van der Waals surface area contributed by atoms with E-state index < -0.39 is 0 Å². The molecular weight excluding hydrogens is 232 g/mol. The number of ether oxygens (including phenoxy) is 1. The van der Waals surface area contributed by atoms with Crippen LogP contribution in [0.15, 0.2) is 28.7 Å². The van der Waals surface area contributed by atoms with Crippen LogP contribution in [0.4, 0.5) is 0 Å². The van der Waals surface area contributed by atoms with Crippen LogP contribution in [0.5, 0.6) is 0 Å². The van der Waals surface area contributed by atoms with Gasteiger partial charge in [0.25, 0.3) is 0 Å². The first kappa shape index (κ1) is 12.4. The molecule has 94 valence electrons. The fraction of sp³-hybridized carbons (Fsp3) is 0.286. The summed E-state index contributed by atoms with van der Waals surface area (Å²) in [6.07, 6.45) is 0.679. The molecule has 0 saturated carbocycles. The van der Waals surface area contributed by atoms with Crippen LogP contribution in [-0.2, 0) is 16.0 Å². The molecule has 1 aromatic heterocycles. The predicted octanol–water partition coefficient (Wildman–Crippen LogP) is 2.74. The van der Waals surface area contributed by atoms with Gasteiger partial charge in [-0.3, -0.25) is 9.59 Å². The predicted molar refractivity (Wildman–Crippen MR) is 66.6 cm³/mol. The number of benzene rings is 1. The van der Waals surface area contributed by atoms with Crippen molar-refractivity contribution < 1.29 is 18.7 Å².